The van der Waals surface area contributed by atoms with Gasteiger partial charge in [-0.2, -0.15) is 0 Å². The zero-order chi connectivity index (χ0) is 66.1. The normalized spacial score (nSPS) is 14.6. The van der Waals surface area contributed by atoms with E-state index in [0.29, 0.717) is 31.6 Å². The van der Waals surface area contributed by atoms with Gasteiger partial charge in [-0.3, -0.25) is 37.3 Å². The lowest BCUT2D eigenvalue weighted by Crippen LogP contribution is -2.30. The van der Waals surface area contributed by atoms with Crippen LogP contribution in [-0.2, 0) is 65.4 Å². The van der Waals surface area contributed by atoms with Crippen LogP contribution in [0.25, 0.3) is 0 Å². The van der Waals surface area contributed by atoms with Gasteiger partial charge in [0.1, 0.15) is 19.3 Å². The number of rotatable bonds is 67. The van der Waals surface area contributed by atoms with Crippen LogP contribution in [0.3, 0.4) is 0 Å². The number of carbonyl (C=O) groups excluding carboxylic acids is 4. The van der Waals surface area contributed by atoms with Gasteiger partial charge in [-0.1, -0.05) is 293 Å². The zero-order valence-corrected chi connectivity index (χ0v) is 59.8. The maximum Gasteiger partial charge on any atom is 0.472 e. The minimum Gasteiger partial charge on any atom is -0.462 e. The predicted octanol–water partition coefficient (Wildman–Crippen LogP) is 19.7. The van der Waals surface area contributed by atoms with Crippen LogP contribution in [0.2, 0.25) is 0 Å². The fourth-order valence-corrected chi connectivity index (χ4v) is 12.0. The van der Waals surface area contributed by atoms with Crippen molar-refractivity contribution in [2.75, 3.05) is 39.6 Å². The number of hydrogen-bond acceptors (Lipinski definition) is 15. The third-order valence-electron chi connectivity index (χ3n) is 16.4. The number of carbonyl (C=O) groups is 4. The molecule has 0 fully saturated rings. The van der Waals surface area contributed by atoms with Crippen LogP contribution in [0.15, 0.2) is 0 Å². The molecule has 0 saturated carbocycles. The van der Waals surface area contributed by atoms with E-state index in [-0.39, 0.29) is 25.7 Å². The lowest BCUT2D eigenvalue weighted by atomic mass is 10.00. The van der Waals surface area contributed by atoms with Gasteiger partial charge in [-0.05, 0) is 49.4 Å². The van der Waals surface area contributed by atoms with Gasteiger partial charge in [0.15, 0.2) is 12.2 Å². The Morgan fingerprint density at radius 1 is 0.315 bits per heavy atom. The van der Waals surface area contributed by atoms with E-state index in [0.717, 1.165) is 114 Å². The first kappa shape index (κ1) is 87.1. The molecular formula is C70H136O17P2. The molecule has 0 aliphatic heterocycles. The Morgan fingerprint density at radius 2 is 0.539 bits per heavy atom. The summed E-state index contributed by atoms with van der Waals surface area (Å²) in [5.41, 5.74) is 0. The summed E-state index contributed by atoms with van der Waals surface area (Å²) in [7, 11) is -9.90. The van der Waals surface area contributed by atoms with Crippen molar-refractivity contribution in [3.8, 4) is 0 Å². The van der Waals surface area contributed by atoms with E-state index in [1.54, 1.807) is 0 Å². The highest BCUT2D eigenvalue weighted by Crippen LogP contribution is 2.45. The van der Waals surface area contributed by atoms with Crippen molar-refractivity contribution in [3.63, 3.8) is 0 Å². The molecule has 0 aromatic rings. The van der Waals surface area contributed by atoms with Crippen molar-refractivity contribution >= 4 is 39.5 Å². The number of hydrogen-bond donors (Lipinski definition) is 3. The van der Waals surface area contributed by atoms with Crippen LogP contribution in [0, 0.1) is 23.7 Å². The largest absolute Gasteiger partial charge is 0.472 e. The van der Waals surface area contributed by atoms with Crippen LogP contribution >= 0.6 is 15.6 Å². The molecule has 0 aliphatic rings. The maximum absolute atomic E-state index is 13.0. The Bertz CT molecular complexity index is 1770. The summed E-state index contributed by atoms with van der Waals surface area (Å²) in [5.74, 6) is 0.838. The fraction of sp³-hybridized carbons (Fsp3) is 0.943. The number of aliphatic hydroxyl groups is 1. The number of phosphoric acid groups is 2. The summed E-state index contributed by atoms with van der Waals surface area (Å²) in [6, 6.07) is 0. The fourth-order valence-electron chi connectivity index (χ4n) is 10.5. The highest BCUT2D eigenvalue weighted by atomic mass is 31.2. The number of esters is 4. The van der Waals surface area contributed by atoms with Crippen molar-refractivity contribution in [3.05, 3.63) is 0 Å². The standard InChI is InChI=1S/C70H136O17P2/c1-9-63(8)49-41-33-28-29-37-45-53-70(75)87-66(57-81-68(73)51-43-35-27-21-24-32-40-48-62(6)7)59-85-89(78,79)83-55-64(71)54-82-88(76,77)84-58-65(56-80-67(72)50-42-34-25-19-16-15-18-23-31-39-47-61(4)5)86-69(74)52-44-36-26-20-14-12-10-11-13-17-22-30-38-46-60(2)3/h60-66,71H,9-59H2,1-8H3,(H,76,77)(H,78,79)/t63?,64?,65-,66-/m1/s1. The van der Waals surface area contributed by atoms with E-state index >= 15 is 0 Å². The third kappa shape index (κ3) is 63.2. The molecule has 528 valence electrons. The summed E-state index contributed by atoms with van der Waals surface area (Å²) in [6.07, 6.45) is 41.8. The SMILES string of the molecule is CCC(C)CCCCCCCCC(=O)O[C@H](COC(=O)CCCCCCCCCC(C)C)COP(=O)(O)OCC(O)COP(=O)(O)OC[C@@H](COC(=O)CCCCCCCCCCCCC(C)C)OC(=O)CCCCCCCCCCCCCCCC(C)C. The van der Waals surface area contributed by atoms with Crippen LogP contribution in [0.4, 0.5) is 0 Å². The van der Waals surface area contributed by atoms with Crippen LogP contribution in [0.1, 0.15) is 344 Å². The number of ether oxygens (including phenoxy) is 4. The topological polar surface area (TPSA) is 237 Å². The average Bonchev–Trinajstić information content (AvgIpc) is 3.70. The minimum absolute atomic E-state index is 0.102. The lowest BCUT2D eigenvalue weighted by molar-refractivity contribution is -0.161. The zero-order valence-electron chi connectivity index (χ0n) is 58.1. The number of unbranched alkanes of at least 4 members (excludes halogenated alkanes) is 32. The van der Waals surface area contributed by atoms with Crippen molar-refractivity contribution in [2.24, 2.45) is 23.7 Å². The van der Waals surface area contributed by atoms with Gasteiger partial charge < -0.3 is 33.8 Å². The first-order chi connectivity index (χ1) is 42.6. The molecule has 0 amide bonds. The quantitative estimate of drug-likeness (QED) is 0.0222. The molecule has 0 aromatic carbocycles. The Morgan fingerprint density at radius 3 is 0.798 bits per heavy atom. The molecule has 17 nitrogen and oxygen atoms in total. The van der Waals surface area contributed by atoms with Gasteiger partial charge in [0, 0.05) is 25.7 Å². The summed E-state index contributed by atoms with van der Waals surface area (Å²) in [6.45, 7) is 14.1. The van der Waals surface area contributed by atoms with Gasteiger partial charge >= 0.3 is 39.5 Å². The van der Waals surface area contributed by atoms with Gasteiger partial charge in [0.05, 0.1) is 26.4 Å². The molecule has 0 bridgehead atoms. The molecule has 19 heteroatoms. The molecule has 0 spiro atoms. The predicted molar refractivity (Wildman–Crippen MR) is 358 cm³/mol. The molecule has 0 heterocycles. The molecule has 0 radical (unpaired) electrons. The molecule has 0 rings (SSSR count). The van der Waals surface area contributed by atoms with Gasteiger partial charge in [0.25, 0.3) is 0 Å². The van der Waals surface area contributed by atoms with Gasteiger partial charge in [0.2, 0.25) is 0 Å². The van der Waals surface area contributed by atoms with Crippen molar-refractivity contribution in [2.45, 2.75) is 363 Å². The molecule has 6 atom stereocenters. The van der Waals surface area contributed by atoms with Crippen molar-refractivity contribution in [1.82, 2.24) is 0 Å². The molecular weight excluding hydrogens is 1170 g/mol. The van der Waals surface area contributed by atoms with Crippen LogP contribution < -0.4 is 0 Å². The average molecular weight is 1310 g/mol. The Labute approximate surface area is 543 Å². The summed E-state index contributed by atoms with van der Waals surface area (Å²) in [4.78, 5) is 72.5. The Kier molecular flexibility index (Phi) is 58.5. The second kappa shape index (κ2) is 59.8. The Hall–Kier alpha value is -1.94. The van der Waals surface area contributed by atoms with E-state index in [1.165, 1.54) is 141 Å². The summed E-state index contributed by atoms with van der Waals surface area (Å²) >= 11 is 0. The van der Waals surface area contributed by atoms with Gasteiger partial charge in [-0.25, -0.2) is 9.13 Å². The minimum atomic E-state index is -4.95. The van der Waals surface area contributed by atoms with E-state index in [2.05, 4.69) is 55.4 Å². The second-order valence-corrected chi connectivity index (χ2v) is 29.8. The van der Waals surface area contributed by atoms with Crippen molar-refractivity contribution < 1.29 is 80.2 Å². The molecule has 4 unspecified atom stereocenters. The molecule has 3 N–H and O–H groups in total. The molecule has 0 saturated heterocycles. The highest BCUT2D eigenvalue weighted by molar-refractivity contribution is 7.47. The first-order valence-electron chi connectivity index (χ1n) is 36.2. The number of aliphatic hydroxyl groups excluding tert-OH is 1. The smallest absolute Gasteiger partial charge is 0.462 e. The monoisotopic (exact) mass is 1310 g/mol. The maximum atomic E-state index is 13.0. The second-order valence-electron chi connectivity index (χ2n) is 26.9. The van der Waals surface area contributed by atoms with E-state index in [4.69, 9.17) is 37.0 Å². The van der Waals surface area contributed by atoms with E-state index in [1.807, 2.05) is 0 Å². The van der Waals surface area contributed by atoms with E-state index < -0.39 is 97.5 Å². The molecule has 0 aromatic heterocycles. The molecule has 0 aliphatic carbocycles. The summed E-state index contributed by atoms with van der Waals surface area (Å²) in [5, 5.41) is 10.6. The highest BCUT2D eigenvalue weighted by Gasteiger charge is 2.30. The lowest BCUT2D eigenvalue weighted by Gasteiger charge is -2.21. The third-order valence-corrected chi connectivity index (χ3v) is 18.3. The van der Waals surface area contributed by atoms with Gasteiger partial charge in [-0.15, -0.1) is 0 Å². The Balaban J connectivity index is 5.25. The van der Waals surface area contributed by atoms with E-state index in [9.17, 15) is 43.2 Å². The van der Waals surface area contributed by atoms with Crippen molar-refractivity contribution in [1.29, 1.82) is 0 Å². The molecule has 89 heavy (non-hydrogen) atoms. The van der Waals surface area contributed by atoms with Crippen LogP contribution in [-0.4, -0.2) is 96.7 Å². The summed E-state index contributed by atoms with van der Waals surface area (Å²) < 4.78 is 68.3. The van der Waals surface area contributed by atoms with Crippen LogP contribution in [0.5, 0.6) is 0 Å². The number of phosphoric ester groups is 2. The first-order valence-corrected chi connectivity index (χ1v) is 39.2.